The van der Waals surface area contributed by atoms with Crippen molar-refractivity contribution in [2.45, 2.75) is 20.8 Å². The van der Waals surface area contributed by atoms with E-state index in [1.54, 1.807) is 0 Å². The van der Waals surface area contributed by atoms with Gasteiger partial charge >= 0.3 is 5.97 Å². The Morgan fingerprint density at radius 3 is 1.89 bits per heavy atom. The van der Waals surface area contributed by atoms with Gasteiger partial charge in [-0.2, -0.15) is 0 Å². The minimum Gasteiger partial charge on any atom is -0.481 e. The van der Waals surface area contributed by atoms with Gasteiger partial charge in [-0.1, -0.05) is 0 Å². The summed E-state index contributed by atoms with van der Waals surface area (Å²) in [6.07, 6.45) is 0. The van der Waals surface area contributed by atoms with E-state index in [0.717, 1.165) is 0 Å². The first-order valence-corrected chi connectivity index (χ1v) is 6.21. The number of aliphatic carboxylic acids is 1. The van der Waals surface area contributed by atoms with Crippen LogP contribution in [-0.4, -0.2) is 61.4 Å². The van der Waals surface area contributed by atoms with Gasteiger partial charge in [0.05, 0.1) is 13.2 Å². The summed E-state index contributed by atoms with van der Waals surface area (Å²) in [5.41, 5.74) is 0. The van der Waals surface area contributed by atoms with Crippen molar-refractivity contribution in [3.63, 3.8) is 0 Å². The molecule has 0 saturated heterocycles. The number of carboxylic acid groups (broad SMARTS) is 1. The fourth-order valence-corrected chi connectivity index (χ4v) is 1.35. The zero-order chi connectivity index (χ0) is 14.0. The SMILES string of the molecule is CCOCCN(CCOCC)C(=O)C(C)C(=O)O. The van der Waals surface area contributed by atoms with Gasteiger partial charge in [0.2, 0.25) is 5.91 Å². The van der Waals surface area contributed by atoms with Crippen molar-refractivity contribution in [1.29, 1.82) is 0 Å². The molecule has 0 heterocycles. The number of hydrogen-bond donors (Lipinski definition) is 1. The highest BCUT2D eigenvalue weighted by Crippen LogP contribution is 2.03. The van der Waals surface area contributed by atoms with Crippen molar-refractivity contribution in [2.75, 3.05) is 39.5 Å². The van der Waals surface area contributed by atoms with Crippen LogP contribution in [-0.2, 0) is 19.1 Å². The molecule has 6 heteroatoms. The molecule has 1 atom stereocenters. The molecule has 0 aromatic rings. The molecule has 0 aliphatic carbocycles. The van der Waals surface area contributed by atoms with Gasteiger partial charge in [0, 0.05) is 26.3 Å². The maximum Gasteiger partial charge on any atom is 0.315 e. The van der Waals surface area contributed by atoms with Crippen LogP contribution in [0.5, 0.6) is 0 Å². The minimum absolute atomic E-state index is 0.386. The molecular weight excluding hydrogens is 238 g/mol. The van der Waals surface area contributed by atoms with E-state index in [0.29, 0.717) is 39.5 Å². The Labute approximate surface area is 108 Å². The fourth-order valence-electron chi connectivity index (χ4n) is 1.35. The predicted octanol–water partition coefficient (Wildman–Crippen LogP) is 0.609. The zero-order valence-electron chi connectivity index (χ0n) is 11.3. The Balaban J connectivity index is 4.33. The molecule has 0 bridgehead atoms. The van der Waals surface area contributed by atoms with Gasteiger partial charge < -0.3 is 19.5 Å². The Bertz CT molecular complexity index is 247. The number of hydrogen-bond acceptors (Lipinski definition) is 4. The molecule has 0 aliphatic heterocycles. The molecule has 106 valence electrons. The summed E-state index contributed by atoms with van der Waals surface area (Å²) in [7, 11) is 0. The number of rotatable bonds is 10. The molecule has 0 fully saturated rings. The number of amides is 1. The van der Waals surface area contributed by atoms with Crippen LogP contribution < -0.4 is 0 Å². The third-order valence-corrected chi connectivity index (χ3v) is 2.47. The highest BCUT2D eigenvalue weighted by molar-refractivity contribution is 5.96. The molecule has 1 unspecified atom stereocenters. The number of ether oxygens (including phenoxy) is 2. The van der Waals surface area contributed by atoms with E-state index >= 15 is 0 Å². The van der Waals surface area contributed by atoms with Crippen molar-refractivity contribution in [1.82, 2.24) is 4.90 Å². The summed E-state index contributed by atoms with van der Waals surface area (Å²) in [6.45, 7) is 7.84. The van der Waals surface area contributed by atoms with Crippen LogP contribution in [0.15, 0.2) is 0 Å². The minimum atomic E-state index is -1.11. The Kier molecular flexibility index (Phi) is 9.22. The Hall–Kier alpha value is -1.14. The standard InChI is InChI=1S/C12H23NO5/c1-4-17-8-6-13(7-9-18-5-2)11(14)10(3)12(15)16/h10H,4-9H2,1-3H3,(H,15,16). The molecule has 6 nitrogen and oxygen atoms in total. The van der Waals surface area contributed by atoms with Crippen molar-refractivity contribution >= 4 is 11.9 Å². The molecule has 0 radical (unpaired) electrons. The van der Waals surface area contributed by atoms with E-state index in [2.05, 4.69) is 0 Å². The first-order chi connectivity index (χ1) is 8.54. The fraction of sp³-hybridized carbons (Fsp3) is 0.833. The maximum absolute atomic E-state index is 11.9. The number of carbonyl (C=O) groups excluding carboxylic acids is 1. The molecule has 0 aliphatic rings. The van der Waals surface area contributed by atoms with E-state index in [1.807, 2.05) is 13.8 Å². The highest BCUT2D eigenvalue weighted by Gasteiger charge is 2.25. The quantitative estimate of drug-likeness (QED) is 0.460. The lowest BCUT2D eigenvalue weighted by molar-refractivity contribution is -0.151. The van der Waals surface area contributed by atoms with Crippen LogP contribution in [0.1, 0.15) is 20.8 Å². The number of nitrogens with zero attached hydrogens (tertiary/aromatic N) is 1. The second kappa shape index (κ2) is 9.85. The van der Waals surface area contributed by atoms with Gasteiger partial charge in [0.25, 0.3) is 0 Å². The Morgan fingerprint density at radius 2 is 1.56 bits per heavy atom. The first kappa shape index (κ1) is 16.9. The number of carbonyl (C=O) groups is 2. The van der Waals surface area contributed by atoms with E-state index < -0.39 is 17.8 Å². The smallest absolute Gasteiger partial charge is 0.315 e. The van der Waals surface area contributed by atoms with Crippen molar-refractivity contribution in [3.05, 3.63) is 0 Å². The molecule has 18 heavy (non-hydrogen) atoms. The summed E-state index contributed by atoms with van der Waals surface area (Å²) in [4.78, 5) is 24.2. The van der Waals surface area contributed by atoms with Gasteiger partial charge in [-0.15, -0.1) is 0 Å². The van der Waals surface area contributed by atoms with Crippen molar-refractivity contribution < 1.29 is 24.2 Å². The lowest BCUT2D eigenvalue weighted by Gasteiger charge is -2.24. The Morgan fingerprint density at radius 1 is 1.11 bits per heavy atom. The lowest BCUT2D eigenvalue weighted by Crippen LogP contribution is -2.42. The lowest BCUT2D eigenvalue weighted by atomic mass is 10.1. The summed E-state index contributed by atoms with van der Waals surface area (Å²) in [6, 6.07) is 0. The second-order valence-corrected chi connectivity index (χ2v) is 3.78. The average molecular weight is 261 g/mol. The topological polar surface area (TPSA) is 76.1 Å². The highest BCUT2D eigenvalue weighted by atomic mass is 16.5. The summed E-state index contributed by atoms with van der Waals surface area (Å²) in [5.74, 6) is -2.55. The molecule has 1 amide bonds. The molecule has 0 spiro atoms. The monoisotopic (exact) mass is 261 g/mol. The molecule has 0 aromatic carbocycles. The van der Waals surface area contributed by atoms with Crippen LogP contribution in [0.3, 0.4) is 0 Å². The van der Waals surface area contributed by atoms with Crippen LogP contribution in [0.4, 0.5) is 0 Å². The van der Waals surface area contributed by atoms with Crippen LogP contribution in [0.25, 0.3) is 0 Å². The van der Waals surface area contributed by atoms with Gasteiger partial charge in [-0.3, -0.25) is 9.59 Å². The van der Waals surface area contributed by atoms with Crippen LogP contribution >= 0.6 is 0 Å². The zero-order valence-corrected chi connectivity index (χ0v) is 11.3. The third-order valence-electron chi connectivity index (χ3n) is 2.47. The molecule has 0 rings (SSSR count). The van der Waals surface area contributed by atoms with Crippen LogP contribution in [0, 0.1) is 5.92 Å². The third kappa shape index (κ3) is 6.56. The van der Waals surface area contributed by atoms with Gasteiger partial charge in [0.15, 0.2) is 0 Å². The van der Waals surface area contributed by atoms with E-state index in [-0.39, 0.29) is 0 Å². The normalized spacial score (nSPS) is 12.2. The van der Waals surface area contributed by atoms with Crippen LogP contribution in [0.2, 0.25) is 0 Å². The van der Waals surface area contributed by atoms with E-state index in [4.69, 9.17) is 14.6 Å². The largest absolute Gasteiger partial charge is 0.481 e. The summed E-state index contributed by atoms with van der Waals surface area (Å²) < 4.78 is 10.4. The maximum atomic E-state index is 11.9. The molecular formula is C12H23NO5. The second-order valence-electron chi connectivity index (χ2n) is 3.78. The van der Waals surface area contributed by atoms with Gasteiger partial charge in [-0.05, 0) is 20.8 Å². The summed E-state index contributed by atoms with van der Waals surface area (Å²) in [5, 5.41) is 8.83. The van der Waals surface area contributed by atoms with Gasteiger partial charge in [0.1, 0.15) is 5.92 Å². The molecule has 0 saturated carbocycles. The van der Waals surface area contributed by atoms with E-state index in [9.17, 15) is 9.59 Å². The average Bonchev–Trinajstić information content (AvgIpc) is 2.35. The number of carboxylic acids is 1. The molecule has 0 aromatic heterocycles. The predicted molar refractivity (Wildman–Crippen MR) is 66.4 cm³/mol. The first-order valence-electron chi connectivity index (χ1n) is 6.21. The molecule has 1 N–H and O–H groups in total. The van der Waals surface area contributed by atoms with Gasteiger partial charge in [-0.25, -0.2) is 0 Å². The van der Waals surface area contributed by atoms with Crippen molar-refractivity contribution in [3.8, 4) is 0 Å². The van der Waals surface area contributed by atoms with Crippen molar-refractivity contribution in [2.24, 2.45) is 5.92 Å². The van der Waals surface area contributed by atoms with E-state index in [1.165, 1.54) is 11.8 Å². The summed E-state index contributed by atoms with van der Waals surface area (Å²) >= 11 is 0.